The Hall–Kier alpha value is -2.49. The van der Waals surface area contributed by atoms with Gasteiger partial charge in [-0.3, -0.25) is 0 Å². The van der Waals surface area contributed by atoms with Gasteiger partial charge in [0.2, 0.25) is 9.84 Å². The first-order valence-corrected chi connectivity index (χ1v) is 8.98. The van der Waals surface area contributed by atoms with E-state index < -0.39 is 15.1 Å². The fourth-order valence-corrected chi connectivity index (χ4v) is 3.99. The van der Waals surface area contributed by atoms with Gasteiger partial charge in [-0.15, -0.1) is 0 Å². The third kappa shape index (κ3) is 2.84. The first-order chi connectivity index (χ1) is 11.4. The molecule has 7 heteroatoms. The highest BCUT2D eigenvalue weighted by atomic mass is 35.5. The number of rotatable bonds is 3. The van der Waals surface area contributed by atoms with Gasteiger partial charge in [-0.2, -0.15) is 5.26 Å². The summed E-state index contributed by atoms with van der Waals surface area (Å²) in [5.74, 6) is 0. The minimum absolute atomic E-state index is 0.0469. The van der Waals surface area contributed by atoms with Crippen molar-refractivity contribution in [2.75, 3.05) is 0 Å². The molecule has 1 aromatic heterocycles. The second-order valence-corrected chi connectivity index (χ2v) is 7.65. The van der Waals surface area contributed by atoms with E-state index >= 15 is 0 Å². The number of fused-ring (bicyclic) bond motifs is 1. The molecular weight excluding hydrogens is 346 g/mol. The summed E-state index contributed by atoms with van der Waals surface area (Å²) in [6.07, 6.45) is 0. The third-order valence-electron chi connectivity index (χ3n) is 3.58. The Labute approximate surface area is 144 Å². The lowest BCUT2D eigenvalue weighted by Crippen LogP contribution is -2.15. The van der Waals surface area contributed by atoms with Crippen LogP contribution < -0.4 is 0 Å². The normalized spacial score (nSPS) is 12.7. The predicted octanol–water partition coefficient (Wildman–Crippen LogP) is 3.63. The van der Waals surface area contributed by atoms with E-state index in [9.17, 15) is 13.7 Å². The van der Waals surface area contributed by atoms with Gasteiger partial charge in [-0.25, -0.2) is 18.4 Å². The molecular formula is C17H12ClN3O2S. The molecule has 0 spiro atoms. The molecule has 24 heavy (non-hydrogen) atoms. The maximum atomic E-state index is 12.8. The van der Waals surface area contributed by atoms with Gasteiger partial charge in [0.05, 0.1) is 22.0 Å². The Bertz CT molecular complexity index is 1060. The minimum Gasteiger partial charge on any atom is -0.245 e. The average Bonchev–Trinajstić information content (AvgIpc) is 2.56. The van der Waals surface area contributed by atoms with Crippen LogP contribution in [0.2, 0.25) is 5.15 Å². The SMILES string of the molecule is Cc1ccc(S(=O)(=O)[C@@H](C#N)c2nc3ccccc3nc2Cl)cc1. The average molecular weight is 358 g/mol. The van der Waals surface area contributed by atoms with Crippen molar-refractivity contribution in [1.29, 1.82) is 5.26 Å². The quantitative estimate of drug-likeness (QED) is 0.714. The van der Waals surface area contributed by atoms with Crippen LogP contribution in [0, 0.1) is 18.3 Å². The van der Waals surface area contributed by atoms with Crippen molar-refractivity contribution in [3.8, 4) is 6.07 Å². The number of para-hydroxylation sites is 2. The maximum absolute atomic E-state index is 12.8. The molecule has 0 amide bonds. The summed E-state index contributed by atoms with van der Waals surface area (Å²) < 4.78 is 25.6. The number of nitrogens with zero attached hydrogens (tertiary/aromatic N) is 3. The second kappa shape index (κ2) is 6.19. The van der Waals surface area contributed by atoms with Gasteiger partial charge in [0.15, 0.2) is 10.4 Å². The molecule has 1 atom stereocenters. The zero-order chi connectivity index (χ0) is 17.3. The van der Waals surface area contributed by atoms with Crippen molar-refractivity contribution >= 4 is 32.5 Å². The van der Waals surface area contributed by atoms with Gasteiger partial charge < -0.3 is 0 Å². The van der Waals surface area contributed by atoms with Crippen molar-refractivity contribution in [1.82, 2.24) is 9.97 Å². The summed E-state index contributed by atoms with van der Waals surface area (Å²) in [6.45, 7) is 1.85. The standard InChI is InChI=1S/C17H12ClN3O2S/c1-11-6-8-12(9-7-11)24(22,23)15(10-19)16-17(18)21-14-5-3-2-4-13(14)20-16/h2-9,15H,1H3/t15-/m0/s1. The molecule has 3 rings (SSSR count). The van der Waals surface area contributed by atoms with Crippen molar-refractivity contribution in [3.63, 3.8) is 0 Å². The van der Waals surface area contributed by atoms with E-state index in [1.54, 1.807) is 42.5 Å². The lowest BCUT2D eigenvalue weighted by Gasteiger charge is -2.12. The molecule has 0 radical (unpaired) electrons. The van der Waals surface area contributed by atoms with E-state index in [1.807, 2.05) is 6.92 Å². The van der Waals surface area contributed by atoms with E-state index in [-0.39, 0.29) is 15.7 Å². The summed E-state index contributed by atoms with van der Waals surface area (Å²) in [7, 11) is -3.96. The lowest BCUT2D eigenvalue weighted by atomic mass is 10.2. The highest BCUT2D eigenvalue weighted by Crippen LogP contribution is 2.32. The van der Waals surface area contributed by atoms with E-state index in [1.165, 1.54) is 12.1 Å². The number of benzene rings is 2. The molecule has 0 saturated heterocycles. The molecule has 0 aliphatic carbocycles. The zero-order valence-corrected chi connectivity index (χ0v) is 14.2. The number of sulfone groups is 1. The Balaban J connectivity index is 2.17. The van der Waals surface area contributed by atoms with E-state index in [4.69, 9.17) is 11.6 Å². The number of halogens is 1. The molecule has 1 heterocycles. The molecule has 0 saturated carbocycles. The smallest absolute Gasteiger partial charge is 0.200 e. The van der Waals surface area contributed by atoms with Crippen LogP contribution in [0.25, 0.3) is 11.0 Å². The highest BCUT2D eigenvalue weighted by molar-refractivity contribution is 7.92. The van der Waals surface area contributed by atoms with Crippen LogP contribution >= 0.6 is 11.6 Å². The lowest BCUT2D eigenvalue weighted by molar-refractivity contribution is 0.590. The zero-order valence-electron chi connectivity index (χ0n) is 12.6. The second-order valence-electron chi connectivity index (χ2n) is 5.26. The van der Waals surface area contributed by atoms with Crippen molar-refractivity contribution < 1.29 is 8.42 Å². The summed E-state index contributed by atoms with van der Waals surface area (Å²) >= 11 is 6.11. The van der Waals surface area contributed by atoms with Crippen LogP contribution in [0.5, 0.6) is 0 Å². The molecule has 0 unspecified atom stereocenters. The fraction of sp³-hybridized carbons (Fsp3) is 0.118. The Morgan fingerprint density at radius 3 is 2.21 bits per heavy atom. The number of hydrogen-bond donors (Lipinski definition) is 0. The van der Waals surface area contributed by atoms with Gasteiger partial charge in [-0.05, 0) is 31.2 Å². The van der Waals surface area contributed by atoms with Gasteiger partial charge in [0, 0.05) is 0 Å². The fourth-order valence-electron chi connectivity index (χ4n) is 2.30. The number of hydrogen-bond acceptors (Lipinski definition) is 5. The molecule has 3 aromatic rings. The molecule has 0 bridgehead atoms. The van der Waals surface area contributed by atoms with Gasteiger partial charge in [-0.1, -0.05) is 41.4 Å². The molecule has 2 aromatic carbocycles. The van der Waals surface area contributed by atoms with E-state index in [2.05, 4.69) is 9.97 Å². The minimum atomic E-state index is -3.96. The van der Waals surface area contributed by atoms with Crippen LogP contribution in [0.1, 0.15) is 16.5 Å². The van der Waals surface area contributed by atoms with Crippen LogP contribution in [-0.4, -0.2) is 18.4 Å². The summed E-state index contributed by atoms with van der Waals surface area (Å²) in [5, 5.41) is 7.86. The summed E-state index contributed by atoms with van der Waals surface area (Å²) in [6, 6.07) is 15.0. The van der Waals surface area contributed by atoms with Crippen molar-refractivity contribution in [3.05, 3.63) is 64.9 Å². The Kier molecular flexibility index (Phi) is 4.22. The van der Waals surface area contributed by atoms with Crippen LogP contribution in [0.3, 0.4) is 0 Å². The van der Waals surface area contributed by atoms with Gasteiger partial charge in [0.1, 0.15) is 5.69 Å². The molecule has 0 aliphatic heterocycles. The van der Waals surface area contributed by atoms with Crippen molar-refractivity contribution in [2.24, 2.45) is 0 Å². The summed E-state index contributed by atoms with van der Waals surface area (Å²) in [4.78, 5) is 8.46. The topological polar surface area (TPSA) is 83.7 Å². The Morgan fingerprint density at radius 1 is 1.04 bits per heavy atom. The third-order valence-corrected chi connectivity index (χ3v) is 5.73. The largest absolute Gasteiger partial charge is 0.245 e. The number of aryl methyl sites for hydroxylation is 1. The van der Waals surface area contributed by atoms with E-state index in [0.717, 1.165) is 5.56 Å². The van der Waals surface area contributed by atoms with Crippen LogP contribution in [0.4, 0.5) is 0 Å². The van der Waals surface area contributed by atoms with Gasteiger partial charge in [0.25, 0.3) is 0 Å². The number of aromatic nitrogens is 2. The first-order valence-electron chi connectivity index (χ1n) is 7.06. The monoisotopic (exact) mass is 357 g/mol. The van der Waals surface area contributed by atoms with E-state index in [0.29, 0.717) is 11.0 Å². The highest BCUT2D eigenvalue weighted by Gasteiger charge is 2.33. The molecule has 0 aliphatic rings. The molecule has 120 valence electrons. The van der Waals surface area contributed by atoms with Crippen molar-refractivity contribution in [2.45, 2.75) is 17.1 Å². The number of nitriles is 1. The summed E-state index contributed by atoms with van der Waals surface area (Å²) in [5.41, 5.74) is 1.89. The molecule has 0 fully saturated rings. The molecule has 0 N–H and O–H groups in total. The Morgan fingerprint density at radius 2 is 1.62 bits per heavy atom. The van der Waals surface area contributed by atoms with Crippen LogP contribution in [-0.2, 0) is 9.84 Å². The first kappa shape index (κ1) is 16.4. The van der Waals surface area contributed by atoms with Crippen LogP contribution in [0.15, 0.2) is 53.4 Å². The van der Waals surface area contributed by atoms with Gasteiger partial charge >= 0.3 is 0 Å². The molecule has 5 nitrogen and oxygen atoms in total. The predicted molar refractivity (Wildman–Crippen MR) is 91.3 cm³/mol. The maximum Gasteiger partial charge on any atom is 0.200 e.